The fourth-order valence-corrected chi connectivity index (χ4v) is 6.15. The van der Waals surface area contributed by atoms with Crippen LogP contribution in [0.15, 0.2) is 103 Å². The topological polar surface area (TPSA) is 124 Å². The number of H-pyrrole nitrogens is 1. The molecule has 6 rings (SSSR count). The minimum atomic E-state index is -0.637. The van der Waals surface area contributed by atoms with Crippen molar-refractivity contribution in [3.05, 3.63) is 132 Å². The molecule has 0 bridgehead atoms. The van der Waals surface area contributed by atoms with Crippen molar-refractivity contribution in [2.75, 3.05) is 6.61 Å². The summed E-state index contributed by atoms with van der Waals surface area (Å²) >= 11 is 1.42. The number of oxime groups is 1. The number of fused-ring (bicyclic) bond motifs is 1. The quantitative estimate of drug-likeness (QED) is 0.160. The molecule has 0 atom stereocenters. The summed E-state index contributed by atoms with van der Waals surface area (Å²) in [5.41, 5.74) is 3.21. The molecular weight excluding hydrogens is 597 g/mol. The number of nitrogens with zero attached hydrogens (tertiary/aromatic N) is 4. The predicted octanol–water partition coefficient (Wildman–Crippen LogP) is 5.43. The van der Waals surface area contributed by atoms with Crippen molar-refractivity contribution in [1.29, 1.82) is 0 Å². The lowest BCUT2D eigenvalue weighted by Crippen LogP contribution is -2.41. The van der Waals surface area contributed by atoms with Crippen LogP contribution in [0, 0.1) is 5.82 Å². The number of halogens is 1. The fraction of sp³-hybridized carbons (Fsp3) is 0.182. The van der Waals surface area contributed by atoms with Crippen molar-refractivity contribution in [3.8, 4) is 22.5 Å². The Labute approximate surface area is 259 Å². The molecule has 10 nitrogen and oxygen atoms in total. The van der Waals surface area contributed by atoms with Gasteiger partial charge in [-0.2, -0.15) is 0 Å². The first kappa shape index (κ1) is 29.7. The van der Waals surface area contributed by atoms with E-state index >= 15 is 0 Å². The van der Waals surface area contributed by atoms with E-state index in [1.165, 1.54) is 35.6 Å². The number of hydrogen-bond donors (Lipinski definition) is 1. The first-order valence-corrected chi connectivity index (χ1v) is 15.1. The molecule has 0 amide bonds. The van der Waals surface area contributed by atoms with E-state index in [4.69, 9.17) is 9.36 Å². The zero-order valence-corrected chi connectivity index (χ0v) is 25.3. The van der Waals surface area contributed by atoms with Crippen LogP contribution in [0.3, 0.4) is 0 Å². The third-order valence-corrected chi connectivity index (χ3v) is 8.61. The maximum absolute atomic E-state index is 14.0. The Balaban J connectivity index is 1.40. The molecule has 0 saturated heterocycles. The van der Waals surface area contributed by atoms with Crippen molar-refractivity contribution in [2.45, 2.75) is 33.4 Å². The van der Waals surface area contributed by atoms with Crippen molar-refractivity contribution in [2.24, 2.45) is 5.16 Å². The second-order valence-electron chi connectivity index (χ2n) is 10.2. The van der Waals surface area contributed by atoms with Crippen LogP contribution in [0.25, 0.3) is 32.7 Å². The molecule has 0 saturated carbocycles. The Kier molecular flexibility index (Phi) is 8.39. The van der Waals surface area contributed by atoms with Gasteiger partial charge in [-0.15, -0.1) is 11.3 Å². The number of aromatic amines is 1. The van der Waals surface area contributed by atoms with E-state index in [1.54, 1.807) is 11.5 Å². The minimum Gasteiger partial charge on any atom is -0.396 e. The van der Waals surface area contributed by atoms with Crippen LogP contribution in [0.4, 0.5) is 4.39 Å². The van der Waals surface area contributed by atoms with Gasteiger partial charge in [0.05, 0.1) is 18.5 Å². The van der Waals surface area contributed by atoms with Gasteiger partial charge in [0.1, 0.15) is 23.0 Å². The van der Waals surface area contributed by atoms with Gasteiger partial charge in [-0.1, -0.05) is 77.9 Å². The molecule has 0 aliphatic rings. The Hall–Kier alpha value is -5.36. The van der Waals surface area contributed by atoms with Gasteiger partial charge in [0.25, 0.3) is 5.56 Å². The number of aromatic nitrogens is 4. The summed E-state index contributed by atoms with van der Waals surface area (Å²) in [7, 11) is 0. The van der Waals surface area contributed by atoms with Gasteiger partial charge in [-0.25, -0.2) is 14.0 Å². The summed E-state index contributed by atoms with van der Waals surface area (Å²) in [6.07, 6.45) is 0.713. The lowest BCUT2D eigenvalue weighted by molar-refractivity contribution is 0.158. The number of aryl methyl sites for hydroxylation is 1. The monoisotopic (exact) mass is 625 g/mol. The van der Waals surface area contributed by atoms with Crippen molar-refractivity contribution < 1.29 is 13.8 Å². The summed E-state index contributed by atoms with van der Waals surface area (Å²) in [5, 5.41) is 8.43. The standard InChI is InChI=1S/C33H28FN5O5S/c1-3-24-17-27-30(40)38(19-28(36-43-4-2)22-13-15-23(34)16-14-22)33(42)39(31(27)45-24)18-20-9-11-21(12-10-20)25-7-5-6-8-26(25)29-35-32(41)44-37-29/h5-17H,3-4,18-19H2,1-2H3,(H,35,37,41)/b36-28+. The number of rotatable bonds is 10. The first-order chi connectivity index (χ1) is 21.9. The maximum atomic E-state index is 14.0. The highest BCUT2D eigenvalue weighted by Crippen LogP contribution is 2.30. The molecule has 0 radical (unpaired) electrons. The SMILES string of the molecule is CCO/N=C(\Cn1c(=O)c2cc(CC)sc2n(Cc2ccc(-c3ccccc3-c3noc(=O)[nH]3)cc2)c1=O)c1ccc(F)cc1. The zero-order chi connectivity index (χ0) is 31.5. The number of nitrogens with one attached hydrogen (secondary N) is 1. The third-order valence-electron chi connectivity index (χ3n) is 7.31. The molecule has 0 aliphatic heterocycles. The van der Waals surface area contributed by atoms with Crippen LogP contribution in [-0.2, 0) is 24.3 Å². The minimum absolute atomic E-state index is 0.156. The van der Waals surface area contributed by atoms with Gasteiger partial charge in [0, 0.05) is 16.0 Å². The van der Waals surface area contributed by atoms with Gasteiger partial charge in [0.15, 0.2) is 5.82 Å². The highest BCUT2D eigenvalue weighted by atomic mass is 32.1. The molecule has 228 valence electrons. The highest BCUT2D eigenvalue weighted by molar-refractivity contribution is 7.18. The van der Waals surface area contributed by atoms with E-state index in [1.807, 2.05) is 61.5 Å². The van der Waals surface area contributed by atoms with E-state index < -0.39 is 22.8 Å². The van der Waals surface area contributed by atoms with E-state index in [2.05, 4.69) is 15.3 Å². The summed E-state index contributed by atoms with van der Waals surface area (Å²) in [6.45, 7) is 4.11. The molecule has 3 aromatic heterocycles. The number of hydrogen-bond acceptors (Lipinski definition) is 8. The molecule has 3 heterocycles. The number of thiophene rings is 1. The lowest BCUT2D eigenvalue weighted by atomic mass is 9.98. The van der Waals surface area contributed by atoms with E-state index in [0.717, 1.165) is 26.1 Å². The summed E-state index contributed by atoms with van der Waals surface area (Å²) in [6, 6.07) is 22.7. The van der Waals surface area contributed by atoms with Crippen LogP contribution in [0.5, 0.6) is 0 Å². The average Bonchev–Trinajstić information content (AvgIpc) is 3.70. The Bertz CT molecular complexity index is 2190. The molecule has 1 N–H and O–H groups in total. The molecule has 0 spiro atoms. The van der Waals surface area contributed by atoms with Crippen molar-refractivity contribution >= 4 is 27.3 Å². The Morgan fingerprint density at radius 3 is 2.38 bits per heavy atom. The first-order valence-electron chi connectivity index (χ1n) is 14.3. The molecular formula is C33H28FN5O5S. The van der Waals surface area contributed by atoms with Crippen molar-refractivity contribution in [1.82, 2.24) is 19.3 Å². The summed E-state index contributed by atoms with van der Waals surface area (Å²) in [5.74, 6) is -0.724. The van der Waals surface area contributed by atoms with Crippen LogP contribution < -0.4 is 17.0 Å². The van der Waals surface area contributed by atoms with Crippen molar-refractivity contribution in [3.63, 3.8) is 0 Å². The molecule has 6 aromatic rings. The normalized spacial score (nSPS) is 11.8. The highest BCUT2D eigenvalue weighted by Gasteiger charge is 2.19. The third kappa shape index (κ3) is 6.04. The van der Waals surface area contributed by atoms with Gasteiger partial charge in [-0.05, 0) is 48.2 Å². The van der Waals surface area contributed by atoms with Gasteiger partial charge in [-0.3, -0.25) is 23.4 Å². The average molecular weight is 626 g/mol. The molecule has 0 unspecified atom stereocenters. The molecule has 3 aromatic carbocycles. The summed E-state index contributed by atoms with van der Waals surface area (Å²) in [4.78, 5) is 48.7. The molecule has 0 fully saturated rings. The molecule has 0 aliphatic carbocycles. The van der Waals surface area contributed by atoms with Gasteiger partial charge >= 0.3 is 11.4 Å². The van der Waals surface area contributed by atoms with Gasteiger partial charge < -0.3 is 4.84 Å². The zero-order valence-electron chi connectivity index (χ0n) is 24.5. The fourth-order valence-electron chi connectivity index (χ4n) is 5.07. The van der Waals surface area contributed by atoms with E-state index in [9.17, 15) is 18.8 Å². The Morgan fingerprint density at radius 1 is 0.978 bits per heavy atom. The van der Waals surface area contributed by atoms with Crippen LogP contribution >= 0.6 is 11.3 Å². The molecule has 12 heteroatoms. The second kappa shape index (κ2) is 12.7. The maximum Gasteiger partial charge on any atom is 0.439 e. The van der Waals surface area contributed by atoms with Crippen LogP contribution in [0.1, 0.15) is 29.9 Å². The predicted molar refractivity (Wildman–Crippen MR) is 171 cm³/mol. The number of benzene rings is 3. The summed E-state index contributed by atoms with van der Waals surface area (Å²) < 4.78 is 21.1. The lowest BCUT2D eigenvalue weighted by Gasteiger charge is -2.14. The van der Waals surface area contributed by atoms with Gasteiger partial charge in [0.2, 0.25) is 0 Å². The van der Waals surface area contributed by atoms with Crippen LogP contribution in [-0.4, -0.2) is 31.6 Å². The van der Waals surface area contributed by atoms with E-state index in [-0.39, 0.29) is 19.7 Å². The van der Waals surface area contributed by atoms with E-state index in [0.29, 0.717) is 39.3 Å². The molecule has 45 heavy (non-hydrogen) atoms. The largest absolute Gasteiger partial charge is 0.439 e. The Morgan fingerprint density at radius 2 is 1.71 bits per heavy atom. The van der Waals surface area contributed by atoms with Crippen LogP contribution in [0.2, 0.25) is 0 Å². The second-order valence-corrected chi connectivity index (χ2v) is 11.3. The smallest absolute Gasteiger partial charge is 0.396 e.